The highest BCUT2D eigenvalue weighted by Gasteiger charge is 2.13. The standard InChI is InChI=1S/C10H15N3O2.3ClH/c11-5-3-8-1-2-9(4-6-12)10(7-8)13(14)15;;;/h1-2,7H,3-6,11-12H2;3*1H. The van der Waals surface area contributed by atoms with Crippen LogP contribution in [-0.2, 0) is 12.8 Å². The van der Waals surface area contributed by atoms with Crippen LogP contribution >= 0.6 is 37.2 Å². The molecule has 0 atom stereocenters. The van der Waals surface area contributed by atoms with Crippen molar-refractivity contribution in [3.8, 4) is 0 Å². The fourth-order valence-corrected chi connectivity index (χ4v) is 1.47. The van der Waals surface area contributed by atoms with Gasteiger partial charge >= 0.3 is 0 Å². The average molecular weight is 319 g/mol. The van der Waals surface area contributed by atoms with Gasteiger partial charge in [-0.05, 0) is 31.5 Å². The smallest absolute Gasteiger partial charge is 0.272 e. The summed E-state index contributed by atoms with van der Waals surface area (Å²) in [6.07, 6.45) is 1.18. The van der Waals surface area contributed by atoms with E-state index in [1.165, 1.54) is 0 Å². The quantitative estimate of drug-likeness (QED) is 0.640. The predicted octanol–water partition coefficient (Wildman–Crippen LogP) is 1.86. The highest BCUT2D eigenvalue weighted by molar-refractivity contribution is 5.86. The van der Waals surface area contributed by atoms with Crippen molar-refractivity contribution >= 4 is 42.9 Å². The van der Waals surface area contributed by atoms with Crippen molar-refractivity contribution in [3.05, 3.63) is 39.4 Å². The van der Waals surface area contributed by atoms with Crippen molar-refractivity contribution in [1.29, 1.82) is 0 Å². The Morgan fingerprint density at radius 1 is 1.06 bits per heavy atom. The zero-order valence-electron chi connectivity index (χ0n) is 9.70. The molecule has 106 valence electrons. The summed E-state index contributed by atoms with van der Waals surface area (Å²) in [6.45, 7) is 0.907. The molecule has 0 aliphatic rings. The monoisotopic (exact) mass is 317 g/mol. The third kappa shape index (κ3) is 6.37. The molecule has 4 N–H and O–H groups in total. The lowest BCUT2D eigenvalue weighted by atomic mass is 10.0. The Labute approximate surface area is 125 Å². The average Bonchev–Trinajstić information content (AvgIpc) is 2.21. The van der Waals surface area contributed by atoms with Crippen molar-refractivity contribution in [2.24, 2.45) is 11.5 Å². The lowest BCUT2D eigenvalue weighted by molar-refractivity contribution is -0.385. The molecule has 1 aromatic rings. The Hall–Kier alpha value is -0.590. The lowest BCUT2D eigenvalue weighted by Crippen LogP contribution is -2.07. The van der Waals surface area contributed by atoms with Crippen LogP contribution in [0.15, 0.2) is 18.2 Å². The molecule has 0 amide bonds. The fourth-order valence-electron chi connectivity index (χ4n) is 1.47. The molecule has 0 aliphatic carbocycles. The van der Waals surface area contributed by atoms with Crippen molar-refractivity contribution < 1.29 is 4.92 Å². The summed E-state index contributed by atoms with van der Waals surface area (Å²) >= 11 is 0. The fraction of sp³-hybridized carbons (Fsp3) is 0.400. The van der Waals surface area contributed by atoms with Gasteiger partial charge in [0.15, 0.2) is 0 Å². The molecule has 18 heavy (non-hydrogen) atoms. The van der Waals surface area contributed by atoms with Gasteiger partial charge in [-0.25, -0.2) is 0 Å². The van der Waals surface area contributed by atoms with Crippen LogP contribution in [0.1, 0.15) is 11.1 Å². The lowest BCUT2D eigenvalue weighted by Gasteiger charge is -2.04. The molecular formula is C10H18Cl3N3O2. The molecule has 5 nitrogen and oxygen atoms in total. The van der Waals surface area contributed by atoms with Crippen molar-refractivity contribution in [3.63, 3.8) is 0 Å². The molecule has 0 aromatic heterocycles. The number of nitrogens with two attached hydrogens (primary N) is 2. The minimum absolute atomic E-state index is 0. The first kappa shape index (κ1) is 22.6. The second kappa shape index (κ2) is 11.5. The van der Waals surface area contributed by atoms with Crippen LogP contribution in [0, 0.1) is 10.1 Å². The maximum absolute atomic E-state index is 10.8. The molecule has 1 aromatic carbocycles. The number of hydrogen-bond acceptors (Lipinski definition) is 4. The van der Waals surface area contributed by atoms with E-state index in [0.717, 1.165) is 5.56 Å². The van der Waals surface area contributed by atoms with Gasteiger partial charge in [0, 0.05) is 11.6 Å². The van der Waals surface area contributed by atoms with E-state index in [-0.39, 0.29) is 47.8 Å². The van der Waals surface area contributed by atoms with Crippen molar-refractivity contribution in [2.75, 3.05) is 13.1 Å². The van der Waals surface area contributed by atoms with Gasteiger partial charge in [-0.15, -0.1) is 37.2 Å². The van der Waals surface area contributed by atoms with E-state index >= 15 is 0 Å². The molecule has 0 aliphatic heterocycles. The molecule has 0 saturated heterocycles. The molecule has 1 rings (SSSR count). The van der Waals surface area contributed by atoms with E-state index < -0.39 is 0 Å². The zero-order chi connectivity index (χ0) is 11.3. The zero-order valence-corrected chi connectivity index (χ0v) is 12.2. The normalized spacial score (nSPS) is 8.56. The molecule has 0 unspecified atom stereocenters. The third-order valence-corrected chi connectivity index (χ3v) is 2.19. The van der Waals surface area contributed by atoms with Gasteiger partial charge in [-0.2, -0.15) is 0 Å². The van der Waals surface area contributed by atoms with E-state index in [0.29, 0.717) is 31.5 Å². The van der Waals surface area contributed by atoms with Gasteiger partial charge in [0.1, 0.15) is 0 Å². The summed E-state index contributed by atoms with van der Waals surface area (Å²) < 4.78 is 0. The maximum Gasteiger partial charge on any atom is 0.272 e. The number of hydrogen-bond donors (Lipinski definition) is 2. The Morgan fingerprint density at radius 3 is 2.06 bits per heavy atom. The molecule has 0 spiro atoms. The SMILES string of the molecule is Cl.Cl.Cl.NCCc1ccc(CCN)c([N+](=O)[O-])c1. The van der Waals surface area contributed by atoms with Crippen LogP contribution in [0.3, 0.4) is 0 Å². The summed E-state index contributed by atoms with van der Waals surface area (Å²) in [5.41, 5.74) is 12.5. The summed E-state index contributed by atoms with van der Waals surface area (Å²) in [5.74, 6) is 0. The topological polar surface area (TPSA) is 95.2 Å². The van der Waals surface area contributed by atoms with Crippen LogP contribution in [0.2, 0.25) is 0 Å². The van der Waals surface area contributed by atoms with Gasteiger partial charge in [0.2, 0.25) is 0 Å². The van der Waals surface area contributed by atoms with Crippen LogP contribution in [0.4, 0.5) is 5.69 Å². The van der Waals surface area contributed by atoms with Crippen LogP contribution < -0.4 is 11.5 Å². The van der Waals surface area contributed by atoms with Gasteiger partial charge in [0.05, 0.1) is 4.92 Å². The highest BCUT2D eigenvalue weighted by atomic mass is 35.5. The number of nitrogens with zero attached hydrogens (tertiary/aromatic N) is 1. The minimum Gasteiger partial charge on any atom is -0.330 e. The Morgan fingerprint density at radius 2 is 1.61 bits per heavy atom. The van der Waals surface area contributed by atoms with E-state index in [4.69, 9.17) is 11.5 Å². The van der Waals surface area contributed by atoms with Gasteiger partial charge < -0.3 is 11.5 Å². The maximum atomic E-state index is 10.8. The molecular weight excluding hydrogens is 300 g/mol. The second-order valence-electron chi connectivity index (χ2n) is 3.30. The molecule has 0 radical (unpaired) electrons. The van der Waals surface area contributed by atoms with Crippen molar-refractivity contribution in [2.45, 2.75) is 12.8 Å². The molecule has 0 heterocycles. The molecule has 8 heteroatoms. The minimum atomic E-state index is -0.370. The second-order valence-corrected chi connectivity index (χ2v) is 3.30. The van der Waals surface area contributed by atoms with Crippen molar-refractivity contribution in [1.82, 2.24) is 0 Å². The van der Waals surface area contributed by atoms with Gasteiger partial charge in [0.25, 0.3) is 5.69 Å². The first-order valence-corrected chi connectivity index (χ1v) is 4.85. The van der Waals surface area contributed by atoms with Crippen LogP contribution in [0.25, 0.3) is 0 Å². The Kier molecular flexibility index (Phi) is 14.4. The molecule has 0 saturated carbocycles. The van der Waals surface area contributed by atoms with E-state index in [9.17, 15) is 10.1 Å². The number of halogens is 3. The first-order valence-electron chi connectivity index (χ1n) is 4.85. The summed E-state index contributed by atoms with van der Waals surface area (Å²) in [4.78, 5) is 10.4. The largest absolute Gasteiger partial charge is 0.330 e. The van der Waals surface area contributed by atoms with Gasteiger partial charge in [-0.1, -0.05) is 12.1 Å². The summed E-state index contributed by atoms with van der Waals surface area (Å²) in [5, 5.41) is 10.8. The number of benzene rings is 1. The van der Waals surface area contributed by atoms with E-state index in [2.05, 4.69) is 0 Å². The Bertz CT molecular complexity index is 364. The highest BCUT2D eigenvalue weighted by Crippen LogP contribution is 2.20. The number of nitro benzene ring substituents is 1. The predicted molar refractivity (Wildman–Crippen MR) is 80.4 cm³/mol. The summed E-state index contributed by atoms with van der Waals surface area (Å²) in [6, 6.07) is 5.21. The third-order valence-electron chi connectivity index (χ3n) is 2.19. The molecule has 0 bridgehead atoms. The van der Waals surface area contributed by atoms with E-state index in [1.807, 2.05) is 6.07 Å². The first-order chi connectivity index (χ1) is 7.19. The van der Waals surface area contributed by atoms with Crippen LogP contribution in [-0.4, -0.2) is 18.0 Å². The Balaban J connectivity index is -0.000000750. The summed E-state index contributed by atoms with van der Waals surface area (Å²) in [7, 11) is 0. The van der Waals surface area contributed by atoms with Crippen LogP contribution in [0.5, 0.6) is 0 Å². The molecule has 0 fully saturated rings. The van der Waals surface area contributed by atoms with Gasteiger partial charge in [-0.3, -0.25) is 10.1 Å². The number of nitro groups is 1. The number of rotatable bonds is 5. The van der Waals surface area contributed by atoms with E-state index in [1.54, 1.807) is 12.1 Å².